The molecule has 0 aromatic rings. The number of hydrogen-bond donors (Lipinski definition) is 0. The van der Waals surface area contributed by atoms with Gasteiger partial charge in [0.2, 0.25) is 0 Å². The maximum Gasteiger partial charge on any atom is 0.302 e. The summed E-state index contributed by atoms with van der Waals surface area (Å²) in [7, 11) is 0. The van der Waals surface area contributed by atoms with Crippen molar-refractivity contribution in [3.63, 3.8) is 0 Å². The minimum atomic E-state index is -1.06. The van der Waals surface area contributed by atoms with Gasteiger partial charge >= 0.3 is 5.97 Å². The van der Waals surface area contributed by atoms with Crippen molar-refractivity contribution in [3.05, 3.63) is 23.3 Å². The Morgan fingerprint density at radius 3 is 2.32 bits per heavy atom. The fraction of sp³-hybridized carbons (Fsp3) is 0.600. The fourth-order valence-corrected chi connectivity index (χ4v) is 4.86. The fourth-order valence-electron chi connectivity index (χ4n) is 4.86. The van der Waals surface area contributed by atoms with Crippen molar-refractivity contribution in [2.24, 2.45) is 16.2 Å². The van der Waals surface area contributed by atoms with Crippen molar-refractivity contribution in [1.82, 2.24) is 0 Å². The number of hydrogen-bond acceptors (Lipinski definition) is 5. The van der Waals surface area contributed by atoms with Crippen LogP contribution >= 0.6 is 0 Å². The second-order valence-electron chi connectivity index (χ2n) is 8.33. The van der Waals surface area contributed by atoms with Gasteiger partial charge in [-0.1, -0.05) is 6.92 Å². The van der Waals surface area contributed by atoms with E-state index in [9.17, 15) is 19.2 Å². The van der Waals surface area contributed by atoms with Crippen molar-refractivity contribution < 1.29 is 23.9 Å². The summed E-state index contributed by atoms with van der Waals surface area (Å²) in [5, 5.41) is 0. The molecule has 0 spiro atoms. The third-order valence-electron chi connectivity index (χ3n) is 6.40. The smallest absolute Gasteiger partial charge is 0.302 e. The predicted molar refractivity (Wildman–Crippen MR) is 90.6 cm³/mol. The highest BCUT2D eigenvalue weighted by Crippen LogP contribution is 2.61. The molecule has 1 fully saturated rings. The molecule has 0 amide bonds. The summed E-state index contributed by atoms with van der Waals surface area (Å²) < 4.78 is 5.38. The Morgan fingerprint density at radius 1 is 1.08 bits per heavy atom. The molecule has 0 aliphatic heterocycles. The van der Waals surface area contributed by atoms with Gasteiger partial charge in [-0.25, -0.2) is 0 Å². The van der Waals surface area contributed by atoms with E-state index in [0.717, 1.165) is 5.57 Å². The number of esters is 1. The summed E-state index contributed by atoms with van der Waals surface area (Å²) in [6, 6.07) is 0. The van der Waals surface area contributed by atoms with Gasteiger partial charge in [0.05, 0.1) is 5.41 Å². The number of ether oxygens (including phenoxy) is 1. The van der Waals surface area contributed by atoms with Crippen LogP contribution in [0.15, 0.2) is 23.3 Å². The maximum absolute atomic E-state index is 13.1. The summed E-state index contributed by atoms with van der Waals surface area (Å²) >= 11 is 0. The number of fused-ring (bicyclic) bond motifs is 3. The molecule has 1 saturated carbocycles. The molecule has 0 radical (unpaired) electrons. The average molecular weight is 344 g/mol. The average Bonchev–Trinajstić information content (AvgIpc) is 2.49. The van der Waals surface area contributed by atoms with Crippen LogP contribution < -0.4 is 0 Å². The van der Waals surface area contributed by atoms with Crippen LogP contribution in [0.25, 0.3) is 0 Å². The van der Waals surface area contributed by atoms with Crippen LogP contribution in [-0.2, 0) is 23.9 Å². The number of Topliss-reactive ketones (excluding diaryl/α,β-unsaturated/α-hetero) is 1. The number of rotatable bonds is 1. The lowest BCUT2D eigenvalue weighted by Crippen LogP contribution is -2.56. The lowest BCUT2D eigenvalue weighted by atomic mass is 9.47. The zero-order valence-electron chi connectivity index (χ0n) is 15.4. The lowest BCUT2D eigenvalue weighted by Gasteiger charge is -2.55. The lowest BCUT2D eigenvalue weighted by molar-refractivity contribution is -0.157. The van der Waals surface area contributed by atoms with E-state index in [1.165, 1.54) is 6.92 Å². The highest BCUT2D eigenvalue weighted by atomic mass is 16.5. The quantitative estimate of drug-likeness (QED) is 0.684. The van der Waals surface area contributed by atoms with Gasteiger partial charge in [-0.05, 0) is 50.5 Å². The summed E-state index contributed by atoms with van der Waals surface area (Å²) in [6.45, 7) is 8.70. The molecular weight excluding hydrogens is 320 g/mol. The summed E-state index contributed by atoms with van der Waals surface area (Å²) in [5.74, 6) is -0.754. The van der Waals surface area contributed by atoms with Gasteiger partial charge in [-0.15, -0.1) is 0 Å². The van der Waals surface area contributed by atoms with Gasteiger partial charge in [0.25, 0.3) is 0 Å². The number of carbonyl (C=O) groups excluding carboxylic acids is 4. The first kappa shape index (κ1) is 17.8. The number of carbonyl (C=O) groups is 4. The summed E-state index contributed by atoms with van der Waals surface area (Å²) in [5.41, 5.74) is -0.919. The van der Waals surface area contributed by atoms with E-state index in [-0.39, 0.29) is 23.8 Å². The highest BCUT2D eigenvalue weighted by molar-refractivity contribution is 6.07. The first-order chi connectivity index (χ1) is 11.4. The van der Waals surface area contributed by atoms with Crippen LogP contribution in [0, 0.1) is 16.2 Å². The van der Waals surface area contributed by atoms with Crippen LogP contribution in [0.4, 0.5) is 0 Å². The molecule has 3 aliphatic rings. The van der Waals surface area contributed by atoms with Crippen LogP contribution in [0.5, 0.6) is 0 Å². The highest BCUT2D eigenvalue weighted by Gasteiger charge is 2.61. The Hall–Kier alpha value is -2.04. The SMILES string of the molecule is CC(=O)O[C@@H]1CC(=O)C=C2C3(C)CCC(=O)C(C)(C)C3=CC(=O)C21C. The second kappa shape index (κ2) is 5.23. The number of allylic oxidation sites excluding steroid dienone is 3. The van der Waals surface area contributed by atoms with Crippen LogP contribution in [0.3, 0.4) is 0 Å². The summed E-state index contributed by atoms with van der Waals surface area (Å²) in [6.07, 6.45) is 3.27. The minimum absolute atomic E-state index is 0.00684. The molecule has 3 rings (SSSR count). The predicted octanol–water partition coefficient (Wildman–Crippen LogP) is 2.73. The number of ketones is 3. The second-order valence-corrected chi connectivity index (χ2v) is 8.33. The third kappa shape index (κ3) is 2.28. The van der Waals surface area contributed by atoms with Crippen LogP contribution in [0.1, 0.15) is 53.9 Å². The molecule has 0 bridgehead atoms. The van der Waals surface area contributed by atoms with Crippen LogP contribution in [0.2, 0.25) is 0 Å². The van der Waals surface area contributed by atoms with E-state index in [1.54, 1.807) is 19.1 Å². The summed E-state index contributed by atoms with van der Waals surface area (Å²) in [4.78, 5) is 49.4. The van der Waals surface area contributed by atoms with E-state index >= 15 is 0 Å². The maximum atomic E-state index is 13.1. The van der Waals surface area contributed by atoms with Gasteiger partial charge in [-0.2, -0.15) is 0 Å². The third-order valence-corrected chi connectivity index (χ3v) is 6.40. The van der Waals surface area contributed by atoms with E-state index in [2.05, 4.69) is 0 Å². The van der Waals surface area contributed by atoms with Gasteiger partial charge in [0.15, 0.2) is 11.6 Å². The Bertz CT molecular complexity index is 769. The zero-order chi connectivity index (χ0) is 18.8. The Kier molecular flexibility index (Phi) is 3.72. The Balaban J connectivity index is 2.24. The monoisotopic (exact) mass is 344 g/mol. The van der Waals surface area contributed by atoms with Crippen LogP contribution in [-0.4, -0.2) is 29.4 Å². The molecule has 134 valence electrons. The van der Waals surface area contributed by atoms with Crippen molar-refractivity contribution in [1.29, 1.82) is 0 Å². The normalized spacial score (nSPS) is 36.8. The first-order valence-corrected chi connectivity index (χ1v) is 8.67. The van der Waals surface area contributed by atoms with E-state index < -0.39 is 28.3 Å². The van der Waals surface area contributed by atoms with Gasteiger partial charge < -0.3 is 4.74 Å². The molecule has 25 heavy (non-hydrogen) atoms. The molecule has 2 unspecified atom stereocenters. The Morgan fingerprint density at radius 2 is 1.72 bits per heavy atom. The van der Waals surface area contributed by atoms with Crippen molar-refractivity contribution in [2.75, 3.05) is 0 Å². The van der Waals surface area contributed by atoms with Crippen molar-refractivity contribution in [2.45, 2.75) is 60.0 Å². The van der Waals surface area contributed by atoms with Gasteiger partial charge in [0.1, 0.15) is 11.9 Å². The molecule has 3 atom stereocenters. The Labute approximate surface area is 147 Å². The van der Waals surface area contributed by atoms with E-state index in [0.29, 0.717) is 18.4 Å². The zero-order valence-corrected chi connectivity index (χ0v) is 15.4. The van der Waals surface area contributed by atoms with Crippen molar-refractivity contribution >= 4 is 23.3 Å². The molecule has 3 aliphatic carbocycles. The minimum Gasteiger partial charge on any atom is -0.461 e. The molecule has 5 nitrogen and oxygen atoms in total. The first-order valence-electron chi connectivity index (χ1n) is 8.67. The largest absolute Gasteiger partial charge is 0.461 e. The van der Waals surface area contributed by atoms with Gasteiger partial charge in [0, 0.05) is 30.6 Å². The van der Waals surface area contributed by atoms with Crippen molar-refractivity contribution in [3.8, 4) is 0 Å². The standard InChI is InChI=1S/C20H24O5/c1-11(21)25-17-9-12(22)8-14-19(4)7-6-15(23)18(2,3)13(19)10-16(24)20(14,17)5/h8,10,17H,6-7,9H2,1-5H3/t17-,19?,20?/m1/s1. The molecule has 0 aromatic heterocycles. The molecule has 0 N–H and O–H groups in total. The molecule has 0 saturated heterocycles. The molecule has 5 heteroatoms. The van der Waals surface area contributed by atoms with Gasteiger partial charge in [-0.3, -0.25) is 19.2 Å². The molecule has 0 aromatic carbocycles. The molecular formula is C20H24O5. The molecule has 0 heterocycles. The topological polar surface area (TPSA) is 77.5 Å². The van der Waals surface area contributed by atoms with E-state index in [4.69, 9.17) is 4.74 Å². The van der Waals surface area contributed by atoms with E-state index in [1.807, 2.05) is 20.8 Å².